The van der Waals surface area contributed by atoms with E-state index in [9.17, 15) is 9.59 Å². The maximum atomic E-state index is 13.0. The Balaban J connectivity index is 1.49. The monoisotopic (exact) mass is 555 g/mol. The van der Waals surface area contributed by atoms with Crippen molar-refractivity contribution >= 4 is 86.9 Å². The minimum absolute atomic E-state index is 0.203. The smallest absolute Gasteiger partial charge is 0.257 e. The molecule has 176 valence electrons. The molecule has 1 aliphatic carbocycles. The number of amides is 2. The third-order valence-electron chi connectivity index (χ3n) is 5.49. The average molecular weight is 558 g/mol. The lowest BCUT2D eigenvalue weighted by molar-refractivity contribution is -0.117. The molecule has 3 N–H and O–H groups in total. The van der Waals surface area contributed by atoms with Crippen molar-refractivity contribution in [1.82, 2.24) is 0 Å². The Morgan fingerprint density at radius 2 is 1.38 bits per heavy atom. The summed E-state index contributed by atoms with van der Waals surface area (Å²) in [6.45, 7) is 0. The highest BCUT2D eigenvalue weighted by atomic mass is 35.5. The van der Waals surface area contributed by atoms with Gasteiger partial charge in [-0.05, 0) is 66.2 Å². The van der Waals surface area contributed by atoms with Gasteiger partial charge < -0.3 is 16.0 Å². The molecule has 4 rings (SSSR count). The molecule has 0 bridgehead atoms. The topological polar surface area (TPSA) is 70.2 Å². The largest absolute Gasteiger partial charge is 0.388 e. The van der Waals surface area contributed by atoms with Gasteiger partial charge in [0.1, 0.15) is 4.33 Å². The van der Waals surface area contributed by atoms with Crippen LogP contribution in [0.1, 0.15) is 21.8 Å². The number of carbonyl (C=O) groups excluding carboxylic acids is 2. The Hall–Kier alpha value is -2.15. The molecule has 0 unspecified atom stereocenters. The second kappa shape index (κ2) is 9.84. The Kier molecular flexibility index (Phi) is 7.22. The molecule has 10 heteroatoms. The van der Waals surface area contributed by atoms with Gasteiger partial charge in [-0.1, -0.05) is 34.8 Å². The van der Waals surface area contributed by atoms with Crippen LogP contribution >= 0.6 is 58.0 Å². The number of benzene rings is 3. The van der Waals surface area contributed by atoms with Gasteiger partial charge in [-0.15, -0.1) is 23.2 Å². The summed E-state index contributed by atoms with van der Waals surface area (Å²) in [4.78, 5) is 25.8. The van der Waals surface area contributed by atoms with Gasteiger partial charge in [0.2, 0.25) is 5.91 Å². The summed E-state index contributed by atoms with van der Waals surface area (Å²) < 4.78 is -1.32. The van der Waals surface area contributed by atoms with Crippen molar-refractivity contribution in [2.45, 2.75) is 10.3 Å². The van der Waals surface area contributed by atoms with Gasteiger partial charge in [0.25, 0.3) is 5.91 Å². The van der Waals surface area contributed by atoms with Crippen LogP contribution in [0.15, 0.2) is 60.7 Å². The van der Waals surface area contributed by atoms with Crippen molar-refractivity contribution in [3.63, 3.8) is 0 Å². The zero-order chi connectivity index (χ0) is 24.6. The summed E-state index contributed by atoms with van der Waals surface area (Å²) in [5.74, 6) is -2.03. The van der Waals surface area contributed by atoms with E-state index >= 15 is 0 Å². The van der Waals surface area contributed by atoms with Crippen molar-refractivity contribution in [2.75, 3.05) is 23.0 Å². The molecule has 0 aliphatic heterocycles. The van der Waals surface area contributed by atoms with Crippen LogP contribution in [0.25, 0.3) is 0 Å². The van der Waals surface area contributed by atoms with Gasteiger partial charge in [0.15, 0.2) is 0 Å². The molecule has 5 nitrogen and oxygen atoms in total. The summed E-state index contributed by atoms with van der Waals surface area (Å²) in [5, 5.41) is 9.65. The Labute approximate surface area is 221 Å². The minimum Gasteiger partial charge on any atom is -0.388 e. The fraction of sp³-hybridized carbons (Fsp3) is 0.167. The summed E-state index contributed by atoms with van der Waals surface area (Å²) in [7, 11) is 1.81. The van der Waals surface area contributed by atoms with Crippen molar-refractivity contribution in [3.8, 4) is 0 Å². The van der Waals surface area contributed by atoms with Crippen molar-refractivity contribution in [3.05, 3.63) is 86.9 Å². The number of alkyl halides is 2. The first-order valence-corrected chi connectivity index (χ1v) is 12.0. The first-order chi connectivity index (χ1) is 16.1. The van der Waals surface area contributed by atoms with Crippen LogP contribution in [0, 0.1) is 5.92 Å². The highest BCUT2D eigenvalue weighted by Gasteiger charge is 2.67. The quantitative estimate of drug-likeness (QED) is 0.276. The van der Waals surface area contributed by atoms with E-state index in [0.717, 1.165) is 5.69 Å². The summed E-state index contributed by atoms with van der Waals surface area (Å²) in [6.07, 6.45) is 0. The van der Waals surface area contributed by atoms with E-state index in [-0.39, 0.29) is 10.6 Å². The fourth-order valence-electron chi connectivity index (χ4n) is 3.74. The van der Waals surface area contributed by atoms with E-state index in [0.29, 0.717) is 27.0 Å². The summed E-state index contributed by atoms with van der Waals surface area (Å²) in [5.41, 5.74) is 2.76. The molecule has 1 fully saturated rings. The SMILES string of the molecule is CNc1ccc(NC(=O)c2cc(NC(=O)[C@@H]3[C@@H](c4cc(Cl)cc(Cl)c4)C3(Cl)Cl)ccc2Cl)cc1. The Morgan fingerprint density at radius 1 is 0.794 bits per heavy atom. The predicted molar refractivity (Wildman–Crippen MR) is 141 cm³/mol. The fourth-order valence-corrected chi connectivity index (χ4v) is 5.31. The second-order valence-electron chi connectivity index (χ2n) is 7.80. The molecule has 2 amide bonds. The van der Waals surface area contributed by atoms with Crippen LogP contribution in [-0.4, -0.2) is 23.2 Å². The molecule has 34 heavy (non-hydrogen) atoms. The lowest BCUT2D eigenvalue weighted by Crippen LogP contribution is -2.18. The van der Waals surface area contributed by atoms with Gasteiger partial charge in [0.05, 0.1) is 16.5 Å². The maximum absolute atomic E-state index is 13.0. The zero-order valence-corrected chi connectivity index (χ0v) is 21.4. The molecule has 1 aliphatic rings. The van der Waals surface area contributed by atoms with Crippen molar-refractivity contribution in [2.24, 2.45) is 5.92 Å². The number of nitrogens with one attached hydrogen (secondary N) is 3. The lowest BCUT2D eigenvalue weighted by Gasteiger charge is -2.11. The molecule has 3 aromatic rings. The van der Waals surface area contributed by atoms with Gasteiger partial charge >= 0.3 is 0 Å². The number of halogens is 5. The van der Waals surface area contributed by atoms with Gasteiger partial charge in [-0.25, -0.2) is 0 Å². The van der Waals surface area contributed by atoms with Crippen molar-refractivity contribution < 1.29 is 9.59 Å². The number of hydrogen-bond donors (Lipinski definition) is 3. The Bertz CT molecular complexity index is 1240. The molecule has 0 spiro atoms. The molecule has 0 saturated heterocycles. The van der Waals surface area contributed by atoms with Crippen LogP contribution in [0.3, 0.4) is 0 Å². The standard InChI is InChI=1S/C24H18Cl5N3O2/c1-30-15-2-4-16(5-3-15)31-22(33)18-11-17(6-7-19(18)27)32-23(34)21-20(24(21,28)29)12-8-13(25)10-14(26)9-12/h2-11,20-21,30H,1H3,(H,31,33)(H,32,34)/t20-,21+/m1/s1. The van der Waals surface area contributed by atoms with Crippen LogP contribution in [0.4, 0.5) is 17.1 Å². The first kappa shape index (κ1) is 25.0. The van der Waals surface area contributed by atoms with E-state index in [2.05, 4.69) is 16.0 Å². The van der Waals surface area contributed by atoms with E-state index in [1.807, 2.05) is 12.1 Å². The maximum Gasteiger partial charge on any atom is 0.257 e. The van der Waals surface area contributed by atoms with E-state index < -0.39 is 28.0 Å². The average Bonchev–Trinajstić information content (AvgIpc) is 3.37. The Morgan fingerprint density at radius 3 is 2.00 bits per heavy atom. The summed E-state index contributed by atoms with van der Waals surface area (Å²) >= 11 is 31.3. The molecule has 0 aromatic heterocycles. The number of carbonyl (C=O) groups is 2. The highest BCUT2D eigenvalue weighted by Crippen LogP contribution is 2.65. The molecule has 0 radical (unpaired) electrons. The third-order valence-corrected chi connectivity index (χ3v) is 7.20. The van der Waals surface area contributed by atoms with Crippen LogP contribution in [0.2, 0.25) is 15.1 Å². The minimum atomic E-state index is -1.32. The predicted octanol–water partition coefficient (Wildman–Crippen LogP) is 7.47. The number of hydrogen-bond acceptors (Lipinski definition) is 3. The first-order valence-electron chi connectivity index (χ1n) is 10.1. The van der Waals surface area contributed by atoms with E-state index in [4.69, 9.17) is 58.0 Å². The lowest BCUT2D eigenvalue weighted by atomic mass is 10.1. The molecule has 0 heterocycles. The molecular weight excluding hydrogens is 540 g/mol. The molecular formula is C24H18Cl5N3O2. The summed E-state index contributed by atoms with van der Waals surface area (Å²) in [6, 6.07) is 16.8. The van der Waals surface area contributed by atoms with Gasteiger partial charge in [-0.2, -0.15) is 0 Å². The van der Waals surface area contributed by atoms with Crippen LogP contribution in [-0.2, 0) is 4.79 Å². The van der Waals surface area contributed by atoms with Gasteiger partial charge in [-0.3, -0.25) is 9.59 Å². The van der Waals surface area contributed by atoms with Crippen LogP contribution in [0.5, 0.6) is 0 Å². The van der Waals surface area contributed by atoms with E-state index in [1.54, 1.807) is 43.4 Å². The van der Waals surface area contributed by atoms with E-state index in [1.165, 1.54) is 12.1 Å². The molecule has 1 saturated carbocycles. The normalized spacial score (nSPS) is 18.2. The molecule has 3 aromatic carbocycles. The third kappa shape index (κ3) is 5.24. The van der Waals surface area contributed by atoms with Crippen LogP contribution < -0.4 is 16.0 Å². The number of anilines is 3. The molecule has 2 atom stereocenters. The second-order valence-corrected chi connectivity index (χ2v) is 10.5. The number of rotatable bonds is 6. The zero-order valence-electron chi connectivity index (χ0n) is 17.6. The highest BCUT2D eigenvalue weighted by molar-refractivity contribution is 6.53. The van der Waals surface area contributed by atoms with Crippen molar-refractivity contribution in [1.29, 1.82) is 0 Å². The van der Waals surface area contributed by atoms with Gasteiger partial charge in [0, 0.05) is 40.1 Å².